The van der Waals surface area contributed by atoms with Crippen molar-refractivity contribution in [2.24, 2.45) is 0 Å². The van der Waals surface area contributed by atoms with Gasteiger partial charge >= 0.3 is 8.03 Å². The van der Waals surface area contributed by atoms with E-state index in [1.54, 1.807) is 6.92 Å². The van der Waals surface area contributed by atoms with Crippen LogP contribution in [0.4, 0.5) is 0 Å². The Hall–Kier alpha value is -0.360. The van der Waals surface area contributed by atoms with Crippen molar-refractivity contribution < 1.29 is 29.1 Å². The molecule has 0 aromatic heterocycles. The summed E-state index contributed by atoms with van der Waals surface area (Å²) in [6, 6.07) is 0. The predicted octanol–water partition coefficient (Wildman–Crippen LogP) is 3.63. The summed E-state index contributed by atoms with van der Waals surface area (Å²) < 4.78 is 20.3. The molecule has 0 spiro atoms. The Kier molecular flexibility index (Phi) is 23.9. The van der Waals surface area contributed by atoms with Crippen molar-refractivity contribution in [2.45, 2.75) is 46.6 Å². The number of hydrogen-bond acceptors (Lipinski definition) is 6. The van der Waals surface area contributed by atoms with Crippen LogP contribution in [0.25, 0.3) is 0 Å². The first kappa shape index (κ1) is 25.6. The van der Waals surface area contributed by atoms with Crippen LogP contribution in [0.2, 0.25) is 0 Å². The van der Waals surface area contributed by atoms with Crippen LogP contribution in [-0.4, -0.2) is 49.6 Å². The summed E-state index contributed by atoms with van der Waals surface area (Å²) in [5, 5.41) is 16.6. The molecule has 0 radical (unpaired) electrons. The lowest BCUT2D eigenvalue weighted by atomic mass is 10.1. The number of rotatable bonds is 11. The van der Waals surface area contributed by atoms with E-state index in [0.717, 1.165) is 19.4 Å². The van der Waals surface area contributed by atoms with E-state index < -0.39 is 14.1 Å². The summed E-state index contributed by atoms with van der Waals surface area (Å²) >= 11 is 0. The highest BCUT2D eigenvalue weighted by molar-refractivity contribution is 7.38. The van der Waals surface area contributed by atoms with Gasteiger partial charge < -0.3 is 9.84 Å². The monoisotopic (exact) mass is 327 g/mol. The Balaban J connectivity index is -0.000000317. The zero-order valence-corrected chi connectivity index (χ0v) is 13.6. The highest BCUT2D eigenvalue weighted by Gasteiger charge is 2.13. The maximum absolute atomic E-state index is 10.5. The predicted molar refractivity (Wildman–Crippen MR) is 86.0 cm³/mol. The van der Waals surface area contributed by atoms with Gasteiger partial charge in [-0.25, -0.2) is 4.89 Å². The van der Waals surface area contributed by atoms with Gasteiger partial charge in [0.25, 0.3) is 0 Å². The number of aliphatic hydroxyl groups excluding tert-OH is 1. The van der Waals surface area contributed by atoms with Crippen molar-refractivity contribution in [1.29, 1.82) is 0 Å². The third-order valence-corrected chi connectivity index (χ3v) is 2.75. The van der Waals surface area contributed by atoms with E-state index in [9.17, 15) is 4.57 Å². The number of unbranched alkanes of at least 4 members (excludes halogenated alkanes) is 1. The molecule has 0 aliphatic rings. The second-order valence-electron chi connectivity index (χ2n) is 4.19. The van der Waals surface area contributed by atoms with E-state index >= 15 is 0 Å². The van der Waals surface area contributed by atoms with Crippen LogP contribution >= 0.6 is 8.03 Å². The fourth-order valence-electron chi connectivity index (χ4n) is 1.09. The van der Waals surface area contributed by atoms with Crippen molar-refractivity contribution in [1.82, 2.24) is 0 Å². The SMILES string of the molecule is C.C=C(C)C(CCO[P+](C)=O)OO.CCCCOCCO. The molecule has 2 atom stereocenters. The van der Waals surface area contributed by atoms with E-state index in [1.807, 2.05) is 0 Å². The Morgan fingerprint density at radius 2 is 1.95 bits per heavy atom. The van der Waals surface area contributed by atoms with Crippen molar-refractivity contribution in [3.63, 3.8) is 0 Å². The van der Waals surface area contributed by atoms with Crippen LogP contribution in [0.3, 0.4) is 0 Å². The molecule has 0 saturated heterocycles. The van der Waals surface area contributed by atoms with Crippen molar-refractivity contribution >= 4 is 8.03 Å². The summed E-state index contributed by atoms with van der Waals surface area (Å²) in [5.74, 6) is 0. The van der Waals surface area contributed by atoms with Gasteiger partial charge in [-0.15, -0.1) is 4.52 Å². The smallest absolute Gasteiger partial charge is 0.394 e. The fraction of sp³-hybridized carbons (Fsp3) is 0.857. The minimum atomic E-state index is -1.57. The van der Waals surface area contributed by atoms with Gasteiger partial charge in [-0.2, -0.15) is 0 Å². The number of aliphatic hydroxyl groups is 1. The molecule has 0 rings (SSSR count). The number of ether oxygens (including phenoxy) is 1. The fourth-order valence-corrected chi connectivity index (χ4v) is 1.45. The minimum absolute atomic E-state index is 0. The Morgan fingerprint density at radius 1 is 1.33 bits per heavy atom. The molecule has 0 bridgehead atoms. The molecule has 0 heterocycles. The Morgan fingerprint density at radius 3 is 2.33 bits per heavy atom. The van der Waals surface area contributed by atoms with Crippen LogP contribution in [0.15, 0.2) is 12.2 Å². The van der Waals surface area contributed by atoms with E-state index in [4.69, 9.17) is 19.6 Å². The maximum atomic E-state index is 10.5. The normalized spacial score (nSPS) is 11.8. The molecule has 0 amide bonds. The molecule has 7 heteroatoms. The first-order valence-electron chi connectivity index (χ1n) is 6.67. The van der Waals surface area contributed by atoms with E-state index in [0.29, 0.717) is 25.2 Å². The lowest BCUT2D eigenvalue weighted by molar-refractivity contribution is -0.270. The van der Waals surface area contributed by atoms with Gasteiger partial charge in [-0.05, 0) is 23.5 Å². The second kappa shape index (κ2) is 19.6. The second-order valence-corrected chi connectivity index (χ2v) is 5.33. The highest BCUT2D eigenvalue weighted by Crippen LogP contribution is 2.17. The lowest BCUT2D eigenvalue weighted by Gasteiger charge is -2.10. The van der Waals surface area contributed by atoms with Crippen molar-refractivity contribution in [3.05, 3.63) is 12.2 Å². The quantitative estimate of drug-likeness (QED) is 0.198. The molecule has 128 valence electrons. The standard InChI is InChI=1S/C7H13O4P.C6H14O2.CH4/c1-6(2)7(11-8)4-5-10-12(3)9;1-2-3-5-8-6-4-7;/h7H,1,4-5H2,2-3H3;7H,2-6H2,1H3;1H4/p+1. The average molecular weight is 327 g/mol. The zero-order valence-electron chi connectivity index (χ0n) is 12.7. The summed E-state index contributed by atoms with van der Waals surface area (Å²) in [6.07, 6.45) is 2.28. The number of hydrogen-bond donors (Lipinski definition) is 2. The first-order chi connectivity index (χ1) is 9.49. The molecule has 2 unspecified atom stereocenters. The van der Waals surface area contributed by atoms with Gasteiger partial charge in [-0.3, -0.25) is 5.26 Å². The van der Waals surface area contributed by atoms with Gasteiger partial charge in [0.1, 0.15) is 12.7 Å². The van der Waals surface area contributed by atoms with Gasteiger partial charge in [0.05, 0.1) is 13.2 Å². The molecule has 2 N–H and O–H groups in total. The van der Waals surface area contributed by atoms with Gasteiger partial charge in [0, 0.05) is 13.0 Å². The zero-order chi connectivity index (χ0) is 15.8. The average Bonchev–Trinajstić information content (AvgIpc) is 2.40. The molecule has 0 saturated carbocycles. The summed E-state index contributed by atoms with van der Waals surface area (Å²) in [7, 11) is -1.57. The summed E-state index contributed by atoms with van der Waals surface area (Å²) in [4.78, 5) is 4.12. The lowest BCUT2D eigenvalue weighted by Crippen LogP contribution is -2.13. The molecular formula is C14H32O6P+. The van der Waals surface area contributed by atoms with Crippen LogP contribution in [-0.2, 0) is 18.7 Å². The van der Waals surface area contributed by atoms with Crippen LogP contribution < -0.4 is 0 Å². The first-order valence-corrected chi connectivity index (χ1v) is 8.30. The topological polar surface area (TPSA) is 85.2 Å². The van der Waals surface area contributed by atoms with Crippen LogP contribution in [0.5, 0.6) is 0 Å². The van der Waals surface area contributed by atoms with E-state index in [-0.39, 0.29) is 14.0 Å². The molecule has 0 aliphatic carbocycles. The third kappa shape index (κ3) is 22.1. The molecule has 0 aromatic rings. The van der Waals surface area contributed by atoms with Crippen LogP contribution in [0.1, 0.15) is 40.5 Å². The largest absolute Gasteiger partial charge is 0.504 e. The minimum Gasteiger partial charge on any atom is -0.394 e. The van der Waals surface area contributed by atoms with Crippen LogP contribution in [0, 0.1) is 0 Å². The molecule has 0 fully saturated rings. The molecular weight excluding hydrogens is 295 g/mol. The van der Waals surface area contributed by atoms with Gasteiger partial charge in [-0.1, -0.05) is 27.4 Å². The molecule has 0 aromatic carbocycles. The molecule has 21 heavy (non-hydrogen) atoms. The Bertz CT molecular complexity index is 242. The summed E-state index contributed by atoms with van der Waals surface area (Å²) in [6.45, 7) is 10.7. The molecule has 0 aliphatic heterocycles. The molecule has 6 nitrogen and oxygen atoms in total. The Labute approximate surface area is 129 Å². The van der Waals surface area contributed by atoms with Crippen molar-refractivity contribution in [3.8, 4) is 0 Å². The van der Waals surface area contributed by atoms with Gasteiger partial charge in [0.15, 0.2) is 6.66 Å². The van der Waals surface area contributed by atoms with E-state index in [2.05, 4.69) is 18.4 Å². The highest BCUT2D eigenvalue weighted by atomic mass is 31.1. The van der Waals surface area contributed by atoms with Crippen molar-refractivity contribution in [2.75, 3.05) is 33.1 Å². The van der Waals surface area contributed by atoms with Gasteiger partial charge in [0.2, 0.25) is 0 Å². The third-order valence-electron chi connectivity index (χ3n) is 2.21. The summed E-state index contributed by atoms with van der Waals surface area (Å²) in [5.41, 5.74) is 0.715. The van der Waals surface area contributed by atoms with E-state index in [1.165, 1.54) is 6.66 Å². The maximum Gasteiger partial charge on any atom is 0.504 e.